The van der Waals surface area contributed by atoms with E-state index in [1.165, 1.54) is 12.1 Å². The van der Waals surface area contributed by atoms with E-state index >= 15 is 0 Å². The normalized spacial score (nSPS) is 27.8. The summed E-state index contributed by atoms with van der Waals surface area (Å²) in [7, 11) is -16.4. The molecule has 5 atom stereocenters. The second-order valence-corrected chi connectivity index (χ2v) is 9.87. The lowest BCUT2D eigenvalue weighted by molar-refractivity contribution is -0.0220. The predicted octanol–water partition coefficient (Wildman–Crippen LogP) is 0.926. The number of phosphoric acid groups is 3. The van der Waals surface area contributed by atoms with Crippen molar-refractivity contribution in [1.29, 1.82) is 0 Å². The first-order valence-electron chi connectivity index (χ1n) is 7.17. The minimum absolute atomic E-state index is 0.0256. The molecule has 16 heteroatoms. The van der Waals surface area contributed by atoms with Gasteiger partial charge in [-0.2, -0.15) is 8.62 Å². The van der Waals surface area contributed by atoms with Crippen molar-refractivity contribution in [2.45, 2.75) is 24.7 Å². The zero-order valence-corrected chi connectivity index (χ0v) is 16.0. The molecule has 6 N–H and O–H groups in total. The first-order valence-corrected chi connectivity index (χ1v) is 11.7. The summed E-state index contributed by atoms with van der Waals surface area (Å²) in [5, 5.41) is 19.4. The maximum atomic E-state index is 11.7. The summed E-state index contributed by atoms with van der Waals surface area (Å²) >= 11 is 0. The summed E-state index contributed by atoms with van der Waals surface area (Å²) in [4.78, 5) is 35.3. The molecule has 0 radical (unpaired) electrons. The zero-order chi connectivity index (χ0) is 20.5. The first-order chi connectivity index (χ1) is 12.3. The van der Waals surface area contributed by atoms with Gasteiger partial charge in [0.25, 0.3) is 0 Å². The van der Waals surface area contributed by atoms with Crippen LogP contribution in [0.25, 0.3) is 0 Å². The Kier molecular flexibility index (Phi) is 7.03. The third-order valence-electron chi connectivity index (χ3n) is 3.28. The molecule has 1 aromatic carbocycles. The van der Waals surface area contributed by atoms with E-state index in [2.05, 4.69) is 13.1 Å². The Hall–Kier alpha value is -0.650. The number of rotatable bonds is 8. The molecule has 0 bridgehead atoms. The second-order valence-electron chi connectivity index (χ2n) is 5.45. The van der Waals surface area contributed by atoms with Crippen molar-refractivity contribution < 1.29 is 61.4 Å². The van der Waals surface area contributed by atoms with Crippen LogP contribution in [0.1, 0.15) is 18.1 Å². The average molecular weight is 450 g/mol. The molecule has 0 saturated carbocycles. The van der Waals surface area contributed by atoms with Gasteiger partial charge in [0, 0.05) is 6.42 Å². The van der Waals surface area contributed by atoms with E-state index in [0.717, 1.165) is 0 Å². The highest BCUT2D eigenvalue weighted by atomic mass is 31.3. The first kappa shape index (κ1) is 22.6. The van der Waals surface area contributed by atoms with Gasteiger partial charge in [-0.3, -0.25) is 4.52 Å². The van der Waals surface area contributed by atoms with E-state index in [1.54, 1.807) is 12.1 Å². The molecule has 0 spiro atoms. The molecule has 4 unspecified atom stereocenters. The number of aromatic hydroxyl groups is 1. The standard InChI is InChI=1S/C11H17O13P3/c12-8-3-1-2-7(4-8)10-5-9(13)11(22-10)6-21-26(17,18)24-27(19,20)23-25(14,15)16/h1-4,9-13H,5-6H2,(H,17,18)(H,19,20)(H2,14,15,16)/t9?,10-,11?/m1/s1. The molecule has 1 aromatic rings. The lowest BCUT2D eigenvalue weighted by Crippen LogP contribution is -2.26. The van der Waals surface area contributed by atoms with Crippen LogP contribution in [0.3, 0.4) is 0 Å². The highest BCUT2D eigenvalue weighted by Crippen LogP contribution is 2.66. The summed E-state index contributed by atoms with van der Waals surface area (Å²) in [5.41, 5.74) is 0.537. The van der Waals surface area contributed by atoms with E-state index in [4.69, 9.17) is 19.4 Å². The van der Waals surface area contributed by atoms with Crippen molar-refractivity contribution in [3.05, 3.63) is 29.8 Å². The number of hydrogen-bond acceptors (Lipinski definition) is 9. The van der Waals surface area contributed by atoms with Crippen molar-refractivity contribution in [2.24, 2.45) is 0 Å². The minimum Gasteiger partial charge on any atom is -0.508 e. The van der Waals surface area contributed by atoms with Crippen molar-refractivity contribution >= 4 is 23.5 Å². The molecule has 13 nitrogen and oxygen atoms in total. The molecular formula is C11H17O13P3. The van der Waals surface area contributed by atoms with Crippen LogP contribution in [0.15, 0.2) is 24.3 Å². The minimum atomic E-state index is -5.61. The highest BCUT2D eigenvalue weighted by Gasteiger charge is 2.42. The van der Waals surface area contributed by atoms with Gasteiger partial charge in [0.15, 0.2) is 0 Å². The second kappa shape index (κ2) is 8.38. The molecule has 1 fully saturated rings. The third-order valence-corrected chi connectivity index (χ3v) is 7.09. The molecule has 27 heavy (non-hydrogen) atoms. The third kappa shape index (κ3) is 7.35. The van der Waals surface area contributed by atoms with Crippen molar-refractivity contribution in [3.63, 3.8) is 0 Å². The number of phenolic OH excluding ortho intramolecular Hbond substituents is 1. The van der Waals surface area contributed by atoms with Gasteiger partial charge in [0.1, 0.15) is 11.9 Å². The molecule has 0 amide bonds. The van der Waals surface area contributed by atoms with E-state index in [1.807, 2.05) is 0 Å². The Morgan fingerprint density at radius 1 is 1.07 bits per heavy atom. The van der Waals surface area contributed by atoms with Crippen LogP contribution in [-0.4, -0.2) is 48.6 Å². The highest BCUT2D eigenvalue weighted by molar-refractivity contribution is 7.66. The lowest BCUT2D eigenvalue weighted by atomic mass is 10.0. The summed E-state index contributed by atoms with van der Waals surface area (Å²) in [6.07, 6.45) is -2.83. The number of ether oxygens (including phenoxy) is 1. The Balaban J connectivity index is 1.94. The number of aliphatic hydroxyl groups is 1. The fraction of sp³-hybridized carbons (Fsp3) is 0.455. The van der Waals surface area contributed by atoms with Crippen LogP contribution in [0.4, 0.5) is 0 Å². The number of hydrogen-bond donors (Lipinski definition) is 6. The molecule has 154 valence electrons. The van der Waals surface area contributed by atoms with E-state index in [-0.39, 0.29) is 12.2 Å². The summed E-state index contributed by atoms with van der Waals surface area (Å²) < 4.78 is 50.5. The van der Waals surface area contributed by atoms with E-state index < -0.39 is 48.4 Å². The number of phosphoric ester groups is 1. The van der Waals surface area contributed by atoms with Crippen LogP contribution in [0.2, 0.25) is 0 Å². The molecular weight excluding hydrogens is 433 g/mol. The SMILES string of the molecule is O=P(O)(O)OP(=O)(O)OP(=O)(O)OCC1O[C@@H](c2cccc(O)c2)CC1O. The molecule has 1 aliphatic rings. The van der Waals surface area contributed by atoms with Crippen LogP contribution < -0.4 is 0 Å². The summed E-state index contributed by atoms with van der Waals surface area (Å²) in [6, 6.07) is 6.02. The molecule has 1 heterocycles. The van der Waals surface area contributed by atoms with Gasteiger partial charge >= 0.3 is 23.5 Å². The Bertz CT molecular complexity index is 806. The largest absolute Gasteiger partial charge is 0.508 e. The number of phenols is 1. The van der Waals surface area contributed by atoms with Gasteiger partial charge in [-0.05, 0) is 17.7 Å². The van der Waals surface area contributed by atoms with Gasteiger partial charge in [0.05, 0.1) is 18.8 Å². The summed E-state index contributed by atoms with van der Waals surface area (Å²) in [5.74, 6) is -0.0256. The van der Waals surface area contributed by atoms with Crippen LogP contribution in [0.5, 0.6) is 5.75 Å². The average Bonchev–Trinajstić information content (AvgIpc) is 2.83. The van der Waals surface area contributed by atoms with Crippen molar-refractivity contribution in [3.8, 4) is 5.75 Å². The van der Waals surface area contributed by atoms with Gasteiger partial charge in [-0.1, -0.05) is 12.1 Å². The van der Waals surface area contributed by atoms with Gasteiger partial charge in [0.2, 0.25) is 0 Å². The maximum Gasteiger partial charge on any atom is 0.490 e. The fourth-order valence-electron chi connectivity index (χ4n) is 2.29. The smallest absolute Gasteiger partial charge is 0.490 e. The molecule has 0 aliphatic carbocycles. The van der Waals surface area contributed by atoms with Crippen LogP contribution in [-0.2, 0) is 31.6 Å². The van der Waals surface area contributed by atoms with Gasteiger partial charge < -0.3 is 34.5 Å². The number of aliphatic hydroxyl groups excluding tert-OH is 1. The predicted molar refractivity (Wildman–Crippen MR) is 86.2 cm³/mol. The maximum absolute atomic E-state index is 11.7. The van der Waals surface area contributed by atoms with E-state index in [0.29, 0.717) is 5.56 Å². The van der Waals surface area contributed by atoms with Gasteiger partial charge in [-0.15, -0.1) is 0 Å². The van der Waals surface area contributed by atoms with Gasteiger partial charge in [-0.25, -0.2) is 13.7 Å². The quantitative estimate of drug-likeness (QED) is 0.305. The molecule has 2 rings (SSSR count). The molecule has 1 aliphatic heterocycles. The lowest BCUT2D eigenvalue weighted by Gasteiger charge is -2.19. The zero-order valence-electron chi connectivity index (χ0n) is 13.3. The summed E-state index contributed by atoms with van der Waals surface area (Å²) in [6.45, 7) is -0.750. The van der Waals surface area contributed by atoms with Crippen LogP contribution in [0, 0.1) is 0 Å². The Morgan fingerprint density at radius 3 is 2.33 bits per heavy atom. The van der Waals surface area contributed by atoms with Crippen molar-refractivity contribution in [1.82, 2.24) is 0 Å². The van der Waals surface area contributed by atoms with Crippen molar-refractivity contribution in [2.75, 3.05) is 6.61 Å². The topological polar surface area (TPSA) is 210 Å². The molecule has 0 aromatic heterocycles. The van der Waals surface area contributed by atoms with Crippen LogP contribution >= 0.6 is 23.5 Å². The monoisotopic (exact) mass is 450 g/mol. The molecule has 1 saturated heterocycles. The fourth-order valence-corrected chi connectivity index (χ4v) is 5.32. The Morgan fingerprint density at radius 2 is 1.74 bits per heavy atom. The van der Waals surface area contributed by atoms with E-state index in [9.17, 15) is 28.8 Å². The number of benzene rings is 1. The Labute approximate surface area is 152 Å².